The van der Waals surface area contributed by atoms with Crippen LogP contribution in [0.3, 0.4) is 0 Å². The number of imidazole rings is 1. The second-order valence-corrected chi connectivity index (χ2v) is 5.58. The smallest absolute Gasteiger partial charge is 0.329 e. The Kier molecular flexibility index (Phi) is 4.18. The highest BCUT2D eigenvalue weighted by atomic mass is 16.2. The Morgan fingerprint density at radius 1 is 1.17 bits per heavy atom. The molecule has 1 aromatic heterocycles. The summed E-state index contributed by atoms with van der Waals surface area (Å²) >= 11 is 0. The fraction of sp³-hybridized carbons (Fsp3) is 0.438. The maximum absolute atomic E-state index is 12.5. The van der Waals surface area contributed by atoms with Crippen molar-refractivity contribution >= 4 is 22.8 Å². The lowest BCUT2D eigenvalue weighted by Gasteiger charge is -2.26. The van der Waals surface area contributed by atoms with Crippen molar-refractivity contribution in [1.29, 1.82) is 0 Å². The van der Waals surface area contributed by atoms with Crippen LogP contribution in [0.25, 0.3) is 11.0 Å². The van der Waals surface area contributed by atoms with Crippen LogP contribution in [0.4, 0.5) is 0 Å². The zero-order valence-corrected chi connectivity index (χ0v) is 13.1. The Morgan fingerprint density at radius 3 is 2.52 bits per heavy atom. The van der Waals surface area contributed by atoms with Crippen LogP contribution in [0.2, 0.25) is 0 Å². The second-order valence-electron chi connectivity index (χ2n) is 5.58. The summed E-state index contributed by atoms with van der Waals surface area (Å²) in [7, 11) is 0. The molecule has 0 spiro atoms. The van der Waals surface area contributed by atoms with Gasteiger partial charge in [0.05, 0.1) is 17.6 Å². The largest absolute Gasteiger partial charge is 0.353 e. The lowest BCUT2D eigenvalue weighted by atomic mass is 10.3. The predicted octanol–water partition coefficient (Wildman–Crippen LogP) is 0.171. The molecule has 2 aromatic rings. The highest BCUT2D eigenvalue weighted by Crippen LogP contribution is 2.13. The molecule has 2 amide bonds. The minimum absolute atomic E-state index is 0.0971. The first-order valence-electron chi connectivity index (χ1n) is 7.84. The zero-order valence-electron chi connectivity index (χ0n) is 13.1. The molecule has 7 heteroatoms. The molecule has 0 aliphatic carbocycles. The van der Waals surface area contributed by atoms with E-state index >= 15 is 0 Å². The van der Waals surface area contributed by atoms with Gasteiger partial charge in [0.2, 0.25) is 11.8 Å². The van der Waals surface area contributed by atoms with Crippen LogP contribution in [-0.2, 0) is 22.7 Å². The number of carbonyl (C=O) groups is 2. The fourth-order valence-corrected chi connectivity index (χ4v) is 3.01. The first-order chi connectivity index (χ1) is 11.1. The number of aromatic nitrogens is 2. The summed E-state index contributed by atoms with van der Waals surface area (Å²) in [6.07, 6.45) is 0.213. The number of nitrogens with one attached hydrogen (secondary N) is 1. The third-order valence-electron chi connectivity index (χ3n) is 4.18. The highest BCUT2D eigenvalue weighted by molar-refractivity contribution is 5.86. The van der Waals surface area contributed by atoms with Crippen molar-refractivity contribution in [3.8, 4) is 0 Å². The maximum atomic E-state index is 12.5. The van der Waals surface area contributed by atoms with E-state index in [0.717, 1.165) is 11.0 Å². The fourth-order valence-electron chi connectivity index (χ4n) is 3.01. The van der Waals surface area contributed by atoms with Gasteiger partial charge in [-0.05, 0) is 19.1 Å². The molecule has 0 unspecified atom stereocenters. The van der Waals surface area contributed by atoms with Crippen molar-refractivity contribution in [3.05, 3.63) is 34.7 Å². The van der Waals surface area contributed by atoms with Crippen LogP contribution in [0.15, 0.2) is 29.1 Å². The number of fused-ring (bicyclic) bond motifs is 1. The van der Waals surface area contributed by atoms with E-state index in [4.69, 9.17) is 0 Å². The Hall–Kier alpha value is -2.57. The Morgan fingerprint density at radius 2 is 1.87 bits per heavy atom. The van der Waals surface area contributed by atoms with Crippen molar-refractivity contribution in [1.82, 2.24) is 19.4 Å². The first-order valence-corrected chi connectivity index (χ1v) is 7.84. The number of piperazine rings is 1. The van der Waals surface area contributed by atoms with Gasteiger partial charge in [-0.2, -0.15) is 0 Å². The Balaban J connectivity index is 1.79. The minimum atomic E-state index is -0.135. The molecule has 3 rings (SSSR count). The summed E-state index contributed by atoms with van der Waals surface area (Å²) in [5.41, 5.74) is 1.62. The van der Waals surface area contributed by atoms with Gasteiger partial charge in [-0.25, -0.2) is 4.79 Å². The van der Waals surface area contributed by atoms with E-state index in [9.17, 15) is 14.4 Å². The van der Waals surface area contributed by atoms with Crippen LogP contribution >= 0.6 is 0 Å². The van der Waals surface area contributed by atoms with Crippen LogP contribution in [0.5, 0.6) is 0 Å². The summed E-state index contributed by atoms with van der Waals surface area (Å²) in [6, 6.07) is 7.58. The number of hydrogen-bond acceptors (Lipinski definition) is 3. The van der Waals surface area contributed by atoms with Crippen molar-refractivity contribution in [3.63, 3.8) is 0 Å². The topological polar surface area (TPSA) is 76.3 Å². The molecule has 1 fully saturated rings. The number of carbonyl (C=O) groups excluding carboxylic acids is 2. The molecule has 0 radical (unpaired) electrons. The van der Waals surface area contributed by atoms with Gasteiger partial charge in [0, 0.05) is 32.6 Å². The summed E-state index contributed by atoms with van der Waals surface area (Å²) in [4.78, 5) is 37.7. The second kappa shape index (κ2) is 6.28. The van der Waals surface area contributed by atoms with Crippen LogP contribution in [0, 0.1) is 0 Å². The molecule has 2 heterocycles. The summed E-state index contributed by atoms with van der Waals surface area (Å²) in [5.74, 6) is -0.232. The average molecular weight is 316 g/mol. The quantitative estimate of drug-likeness (QED) is 0.874. The van der Waals surface area contributed by atoms with E-state index < -0.39 is 0 Å². The van der Waals surface area contributed by atoms with Crippen LogP contribution in [0.1, 0.15) is 13.3 Å². The summed E-state index contributed by atoms with van der Waals surface area (Å²) in [6.45, 7) is 3.95. The normalized spacial score (nSPS) is 15.0. The van der Waals surface area contributed by atoms with E-state index in [1.54, 1.807) is 14.0 Å². The number of para-hydroxylation sites is 2. The van der Waals surface area contributed by atoms with Gasteiger partial charge in [-0.1, -0.05) is 12.1 Å². The van der Waals surface area contributed by atoms with Gasteiger partial charge in [-0.3, -0.25) is 18.7 Å². The van der Waals surface area contributed by atoms with Gasteiger partial charge in [0.25, 0.3) is 0 Å². The van der Waals surface area contributed by atoms with Gasteiger partial charge in [0.1, 0.15) is 0 Å². The molecule has 0 saturated carbocycles. The van der Waals surface area contributed by atoms with E-state index in [2.05, 4.69) is 5.32 Å². The molecule has 1 aliphatic rings. The predicted molar refractivity (Wildman–Crippen MR) is 86.1 cm³/mol. The molecule has 7 nitrogen and oxygen atoms in total. The minimum Gasteiger partial charge on any atom is -0.353 e. The third-order valence-corrected chi connectivity index (χ3v) is 4.18. The number of rotatable bonds is 4. The molecule has 1 aliphatic heterocycles. The number of nitrogens with zero attached hydrogens (tertiary/aromatic N) is 3. The monoisotopic (exact) mass is 316 g/mol. The molecular formula is C16H20N4O3. The van der Waals surface area contributed by atoms with E-state index in [1.165, 1.54) is 0 Å². The molecule has 1 aromatic carbocycles. The standard InChI is InChI=1S/C16H20N4O3/c1-2-19-12-5-3-4-6-13(12)20(16(19)23)9-7-15(22)18-10-8-17-14(21)11-18/h3-6H,2,7-11H2,1H3,(H,17,21). The van der Waals surface area contributed by atoms with E-state index in [-0.39, 0.29) is 30.5 Å². The van der Waals surface area contributed by atoms with E-state index in [1.807, 2.05) is 31.2 Å². The molecule has 0 atom stereocenters. The molecule has 1 saturated heterocycles. The van der Waals surface area contributed by atoms with Gasteiger partial charge in [-0.15, -0.1) is 0 Å². The van der Waals surface area contributed by atoms with Gasteiger partial charge >= 0.3 is 5.69 Å². The third kappa shape index (κ3) is 2.86. The SMILES string of the molecule is CCn1c(=O)n(CCC(=O)N2CCNC(=O)C2)c2ccccc21. The molecule has 122 valence electrons. The summed E-state index contributed by atoms with van der Waals surface area (Å²) < 4.78 is 3.34. The highest BCUT2D eigenvalue weighted by Gasteiger charge is 2.21. The average Bonchev–Trinajstić information content (AvgIpc) is 2.83. The lowest BCUT2D eigenvalue weighted by molar-refractivity contribution is -0.138. The van der Waals surface area contributed by atoms with Crippen molar-refractivity contribution in [2.75, 3.05) is 19.6 Å². The van der Waals surface area contributed by atoms with Gasteiger partial charge < -0.3 is 10.2 Å². The maximum Gasteiger partial charge on any atom is 0.329 e. The lowest BCUT2D eigenvalue weighted by Crippen LogP contribution is -2.50. The van der Waals surface area contributed by atoms with Crippen LogP contribution in [-0.4, -0.2) is 45.5 Å². The number of benzene rings is 1. The molecular weight excluding hydrogens is 296 g/mol. The van der Waals surface area contributed by atoms with Crippen molar-refractivity contribution < 1.29 is 9.59 Å². The number of hydrogen-bond donors (Lipinski definition) is 1. The molecule has 0 bridgehead atoms. The van der Waals surface area contributed by atoms with Crippen LogP contribution < -0.4 is 11.0 Å². The molecule has 1 N–H and O–H groups in total. The zero-order chi connectivity index (χ0) is 16.4. The number of amides is 2. The Labute approximate surface area is 133 Å². The van der Waals surface area contributed by atoms with Gasteiger partial charge in [0.15, 0.2) is 0 Å². The van der Waals surface area contributed by atoms with Crippen molar-refractivity contribution in [2.45, 2.75) is 26.4 Å². The Bertz CT molecular complexity index is 805. The summed E-state index contributed by atoms with van der Waals surface area (Å²) in [5, 5.41) is 2.69. The van der Waals surface area contributed by atoms with E-state index in [0.29, 0.717) is 26.2 Å². The van der Waals surface area contributed by atoms with Crippen molar-refractivity contribution in [2.24, 2.45) is 0 Å². The first kappa shape index (κ1) is 15.3. The number of aryl methyl sites for hydroxylation is 2. The molecule has 23 heavy (non-hydrogen) atoms.